The molecule has 0 spiro atoms. The quantitative estimate of drug-likeness (QED) is 0.139. The maximum Gasteiger partial charge on any atom is 0.237 e. The fourth-order valence-corrected chi connectivity index (χ4v) is 6.42. The molecule has 1 aliphatic rings. The number of phenolic OH excluding ortho intramolecular Hbond substituents is 1. The van der Waals surface area contributed by atoms with Crippen LogP contribution in [0.15, 0.2) is 36.5 Å². The molecule has 1 aliphatic carbocycles. The van der Waals surface area contributed by atoms with Crippen LogP contribution in [0.25, 0.3) is 0 Å². The molecule has 46 heavy (non-hydrogen) atoms. The van der Waals surface area contributed by atoms with Gasteiger partial charge in [-0.15, -0.1) is 0 Å². The van der Waals surface area contributed by atoms with E-state index in [4.69, 9.17) is 11.5 Å². The predicted molar refractivity (Wildman–Crippen MR) is 181 cm³/mol. The number of nitrogens with two attached hydrogens (primary N) is 2. The highest BCUT2D eigenvalue weighted by Gasteiger charge is 2.32. The Bertz CT molecular complexity index is 1290. The number of pyridine rings is 1. The first kappa shape index (κ1) is 37.3. The standard InChI is InChI=1S/C37H56N4O5/c1-6-23(4)35(39)37(46)41-20-27-18-30(33(43)16-24(5)26-12-14-28(42)15-13-26)31(21-40-27)36(45)29(22(2)3)19-34(44)32(38)17-25-10-8-7-9-11-25/h12-15,18,21-25,29,32,34-35,42,44H,6-11,16-17,19-20,38-39H2,1-5H3,(H,41,46)/t23-,24?,29?,32-,34-,35-/m0/s1. The highest BCUT2D eigenvalue weighted by atomic mass is 16.3. The molecule has 1 aromatic carbocycles. The number of hydrogen-bond donors (Lipinski definition) is 5. The van der Waals surface area contributed by atoms with Crippen molar-refractivity contribution in [2.24, 2.45) is 35.1 Å². The van der Waals surface area contributed by atoms with Crippen molar-refractivity contribution in [3.05, 3.63) is 58.9 Å². The number of hydrogen-bond acceptors (Lipinski definition) is 8. The number of nitrogens with one attached hydrogen (secondary N) is 1. The number of carbonyl (C=O) groups excluding carboxylic acids is 3. The van der Waals surface area contributed by atoms with Crippen molar-refractivity contribution < 1.29 is 24.6 Å². The van der Waals surface area contributed by atoms with Crippen LogP contribution in [-0.2, 0) is 11.3 Å². The minimum atomic E-state index is -0.843. The van der Waals surface area contributed by atoms with Crippen LogP contribution in [0.5, 0.6) is 5.75 Å². The third-order valence-corrected chi connectivity index (χ3v) is 9.95. The largest absolute Gasteiger partial charge is 0.508 e. The van der Waals surface area contributed by atoms with Gasteiger partial charge in [0.15, 0.2) is 11.6 Å². The van der Waals surface area contributed by atoms with Gasteiger partial charge < -0.3 is 27.0 Å². The van der Waals surface area contributed by atoms with Crippen LogP contribution in [0.4, 0.5) is 0 Å². The number of amides is 1. The molecule has 1 saturated carbocycles. The van der Waals surface area contributed by atoms with Gasteiger partial charge in [-0.1, -0.05) is 85.3 Å². The lowest BCUT2D eigenvalue weighted by molar-refractivity contribution is -0.123. The van der Waals surface area contributed by atoms with E-state index in [1.54, 1.807) is 30.3 Å². The number of rotatable bonds is 17. The highest BCUT2D eigenvalue weighted by Crippen LogP contribution is 2.31. The van der Waals surface area contributed by atoms with Gasteiger partial charge in [-0.05, 0) is 60.3 Å². The average Bonchev–Trinajstić information content (AvgIpc) is 3.05. The number of aromatic hydroxyl groups is 1. The first-order valence-corrected chi connectivity index (χ1v) is 17.1. The molecule has 3 rings (SSSR count). The molecular formula is C37H56N4O5. The number of Topliss-reactive ketones (excluding diaryl/α,β-unsaturated/α-hetero) is 2. The lowest BCUT2D eigenvalue weighted by Crippen LogP contribution is -2.44. The van der Waals surface area contributed by atoms with Crippen molar-refractivity contribution in [1.82, 2.24) is 10.3 Å². The van der Waals surface area contributed by atoms with Crippen LogP contribution >= 0.6 is 0 Å². The van der Waals surface area contributed by atoms with Crippen molar-refractivity contribution >= 4 is 17.5 Å². The number of phenols is 1. The Hall–Kier alpha value is -3.14. The van der Waals surface area contributed by atoms with E-state index in [-0.39, 0.29) is 71.5 Å². The Kier molecular flexibility index (Phi) is 14.3. The average molecular weight is 637 g/mol. The summed E-state index contributed by atoms with van der Waals surface area (Å²) in [6.45, 7) is 9.75. The number of aromatic nitrogens is 1. The fourth-order valence-electron chi connectivity index (χ4n) is 6.42. The van der Waals surface area contributed by atoms with Gasteiger partial charge in [-0.2, -0.15) is 0 Å². The Morgan fingerprint density at radius 2 is 1.65 bits per heavy atom. The summed E-state index contributed by atoms with van der Waals surface area (Å²) in [4.78, 5) is 45.2. The smallest absolute Gasteiger partial charge is 0.237 e. The molecule has 0 bridgehead atoms. The lowest BCUT2D eigenvalue weighted by atomic mass is 9.79. The third-order valence-electron chi connectivity index (χ3n) is 9.95. The van der Waals surface area contributed by atoms with E-state index in [0.29, 0.717) is 11.6 Å². The van der Waals surface area contributed by atoms with Crippen LogP contribution in [-0.4, -0.2) is 50.9 Å². The SMILES string of the molecule is CC[C@H](C)[C@H](N)C(=O)NCc1cc(C(=O)CC(C)c2ccc(O)cc2)c(C(=O)C(C[C@H](O)[C@@H](N)CC2CCCCC2)C(C)C)cn1. The summed E-state index contributed by atoms with van der Waals surface area (Å²) in [7, 11) is 0. The van der Waals surface area contributed by atoms with Gasteiger partial charge >= 0.3 is 0 Å². The number of ketones is 2. The van der Waals surface area contributed by atoms with E-state index >= 15 is 0 Å². The molecule has 1 aromatic heterocycles. The molecule has 0 aliphatic heterocycles. The summed E-state index contributed by atoms with van der Waals surface area (Å²) >= 11 is 0. The second-order valence-electron chi connectivity index (χ2n) is 13.9. The Labute approximate surface area is 274 Å². The Morgan fingerprint density at radius 1 is 1.00 bits per heavy atom. The zero-order valence-corrected chi connectivity index (χ0v) is 28.4. The van der Waals surface area contributed by atoms with Crippen LogP contribution < -0.4 is 16.8 Å². The summed E-state index contributed by atoms with van der Waals surface area (Å²) in [6, 6.07) is 7.23. The van der Waals surface area contributed by atoms with Gasteiger partial charge in [0.25, 0.3) is 0 Å². The van der Waals surface area contributed by atoms with Crippen molar-refractivity contribution in [3.63, 3.8) is 0 Å². The molecule has 0 radical (unpaired) electrons. The van der Waals surface area contributed by atoms with Crippen molar-refractivity contribution in [3.8, 4) is 5.75 Å². The maximum absolute atomic E-state index is 14.2. The topological polar surface area (TPSA) is 169 Å². The second kappa shape index (κ2) is 17.7. The predicted octanol–water partition coefficient (Wildman–Crippen LogP) is 5.66. The number of nitrogens with zero attached hydrogens (tertiary/aromatic N) is 1. The normalized spacial score (nSPS) is 17.9. The molecule has 0 saturated heterocycles. The molecule has 9 nitrogen and oxygen atoms in total. The molecular weight excluding hydrogens is 580 g/mol. The number of carbonyl (C=O) groups is 3. The summed E-state index contributed by atoms with van der Waals surface area (Å²) < 4.78 is 0. The second-order valence-corrected chi connectivity index (χ2v) is 13.9. The molecule has 2 unspecified atom stereocenters. The van der Waals surface area contributed by atoms with Gasteiger partial charge in [0.1, 0.15) is 5.75 Å². The molecule has 254 valence electrons. The minimum Gasteiger partial charge on any atom is -0.508 e. The minimum absolute atomic E-state index is 0.00517. The summed E-state index contributed by atoms with van der Waals surface area (Å²) in [5.41, 5.74) is 14.3. The van der Waals surface area contributed by atoms with Gasteiger partial charge in [0.05, 0.1) is 24.4 Å². The highest BCUT2D eigenvalue weighted by molar-refractivity contribution is 6.09. The number of benzene rings is 1. The van der Waals surface area contributed by atoms with Gasteiger partial charge in [-0.25, -0.2) is 0 Å². The monoisotopic (exact) mass is 636 g/mol. The van der Waals surface area contributed by atoms with Crippen molar-refractivity contribution in [2.45, 2.75) is 123 Å². The number of aliphatic hydroxyl groups excluding tert-OH is 1. The van der Waals surface area contributed by atoms with Crippen LogP contribution in [0.2, 0.25) is 0 Å². The van der Waals surface area contributed by atoms with Crippen molar-refractivity contribution in [2.75, 3.05) is 0 Å². The van der Waals surface area contributed by atoms with Crippen LogP contribution in [0.3, 0.4) is 0 Å². The molecule has 1 amide bonds. The molecule has 6 atom stereocenters. The number of aliphatic hydroxyl groups is 1. The first-order chi connectivity index (χ1) is 21.8. The Balaban J connectivity index is 1.86. The first-order valence-electron chi connectivity index (χ1n) is 17.1. The summed E-state index contributed by atoms with van der Waals surface area (Å²) in [5, 5.41) is 23.7. The molecule has 7 N–H and O–H groups in total. The molecule has 2 aromatic rings. The lowest BCUT2D eigenvalue weighted by Gasteiger charge is -2.30. The summed E-state index contributed by atoms with van der Waals surface area (Å²) in [5.74, 6) is -0.977. The zero-order valence-electron chi connectivity index (χ0n) is 28.4. The summed E-state index contributed by atoms with van der Waals surface area (Å²) in [6.07, 6.45) is 8.31. The Morgan fingerprint density at radius 3 is 2.26 bits per heavy atom. The zero-order chi connectivity index (χ0) is 34.0. The van der Waals surface area contributed by atoms with Gasteiger partial charge in [0, 0.05) is 35.7 Å². The van der Waals surface area contributed by atoms with E-state index in [0.717, 1.165) is 31.2 Å². The van der Waals surface area contributed by atoms with Gasteiger partial charge in [0.2, 0.25) is 5.91 Å². The van der Waals surface area contributed by atoms with E-state index in [1.165, 1.54) is 25.5 Å². The van der Waals surface area contributed by atoms with Crippen LogP contribution in [0.1, 0.15) is 130 Å². The van der Waals surface area contributed by atoms with E-state index in [9.17, 15) is 24.6 Å². The van der Waals surface area contributed by atoms with E-state index < -0.39 is 24.1 Å². The molecule has 1 heterocycles. The molecule has 1 fully saturated rings. The molecule has 9 heteroatoms. The fraction of sp³-hybridized carbons (Fsp3) is 0.622. The maximum atomic E-state index is 14.2. The van der Waals surface area contributed by atoms with Crippen molar-refractivity contribution in [1.29, 1.82) is 0 Å². The van der Waals surface area contributed by atoms with Gasteiger partial charge in [-0.3, -0.25) is 19.4 Å². The van der Waals surface area contributed by atoms with E-state index in [1.807, 2.05) is 34.6 Å². The third kappa shape index (κ3) is 10.4. The van der Waals surface area contributed by atoms with Crippen LogP contribution in [0, 0.1) is 23.7 Å². The van der Waals surface area contributed by atoms with E-state index in [2.05, 4.69) is 10.3 Å².